The van der Waals surface area contributed by atoms with Crippen LogP contribution in [0.2, 0.25) is 0 Å². The lowest BCUT2D eigenvalue weighted by Crippen LogP contribution is -2.46. The highest BCUT2D eigenvalue weighted by Gasteiger charge is 2.48. The van der Waals surface area contributed by atoms with Crippen LogP contribution in [0.5, 0.6) is 0 Å². The highest BCUT2D eigenvalue weighted by atomic mass is 17.0. The average Bonchev–Trinajstić information content (AvgIpc) is 2.27. The number of nitrogens with zero attached hydrogens (tertiary/aromatic N) is 1. The lowest BCUT2D eigenvalue weighted by molar-refractivity contribution is -0.773. The van der Waals surface area contributed by atoms with Crippen LogP contribution in [0.15, 0.2) is 0 Å². The van der Waals surface area contributed by atoms with E-state index < -0.39 is 5.09 Å². The first-order chi connectivity index (χ1) is 8.54. The van der Waals surface area contributed by atoms with Crippen LogP contribution < -0.4 is 0 Å². The van der Waals surface area contributed by atoms with E-state index in [1.807, 2.05) is 6.92 Å². The van der Waals surface area contributed by atoms with Crippen molar-refractivity contribution in [2.45, 2.75) is 51.6 Å². The third-order valence-electron chi connectivity index (χ3n) is 4.22. The third-order valence-corrected chi connectivity index (χ3v) is 4.22. The van der Waals surface area contributed by atoms with Gasteiger partial charge in [0.05, 0.1) is 12.5 Å². The van der Waals surface area contributed by atoms with Gasteiger partial charge >= 0.3 is 5.97 Å². The zero-order chi connectivity index (χ0) is 13.2. The number of rotatable bonds is 4. The first kappa shape index (κ1) is 13.1. The summed E-state index contributed by atoms with van der Waals surface area (Å²) < 4.78 is 5.02. The molecule has 0 amide bonds. The second-order valence-electron chi connectivity index (χ2n) is 5.39. The molecule has 0 aromatic rings. The van der Waals surface area contributed by atoms with Crippen molar-refractivity contribution < 1.29 is 19.5 Å². The molecule has 2 aliphatic rings. The van der Waals surface area contributed by atoms with Gasteiger partial charge in [-0.05, 0) is 50.9 Å². The summed E-state index contributed by atoms with van der Waals surface area (Å²) >= 11 is 0. The summed E-state index contributed by atoms with van der Waals surface area (Å²) in [6.07, 6.45) is 4.85. The number of ether oxygens (including phenoxy) is 1. The van der Waals surface area contributed by atoms with Gasteiger partial charge in [-0.3, -0.25) is 4.79 Å². The Balaban J connectivity index is 1.75. The molecule has 0 heterocycles. The highest BCUT2D eigenvalue weighted by Crippen LogP contribution is 2.53. The van der Waals surface area contributed by atoms with E-state index in [1.165, 1.54) is 0 Å². The van der Waals surface area contributed by atoms with Crippen LogP contribution in [0.3, 0.4) is 0 Å². The van der Waals surface area contributed by atoms with Gasteiger partial charge < -0.3 is 9.57 Å². The minimum Gasteiger partial charge on any atom is -0.466 e. The second kappa shape index (κ2) is 5.12. The molecule has 2 rings (SSSR count). The largest absolute Gasteiger partial charge is 0.466 e. The van der Waals surface area contributed by atoms with Crippen LogP contribution in [-0.4, -0.2) is 23.8 Å². The van der Waals surface area contributed by atoms with Crippen LogP contribution >= 0.6 is 0 Å². The van der Waals surface area contributed by atoms with Crippen LogP contribution in [0.4, 0.5) is 0 Å². The van der Waals surface area contributed by atoms with Crippen molar-refractivity contribution in [1.29, 1.82) is 0 Å². The topological polar surface area (TPSA) is 78.7 Å². The molecule has 0 bridgehead atoms. The summed E-state index contributed by atoms with van der Waals surface area (Å²) in [5.74, 6) is -0.0733. The smallest absolute Gasteiger partial charge is 0.308 e. The third kappa shape index (κ3) is 2.73. The summed E-state index contributed by atoms with van der Waals surface area (Å²) in [7, 11) is 0. The van der Waals surface area contributed by atoms with Crippen molar-refractivity contribution in [2.24, 2.45) is 11.3 Å². The molecule has 0 aromatic carbocycles. The van der Waals surface area contributed by atoms with Gasteiger partial charge in [-0.1, -0.05) is 0 Å². The summed E-state index contributed by atoms with van der Waals surface area (Å²) in [4.78, 5) is 26.4. The lowest BCUT2D eigenvalue weighted by Gasteiger charge is -2.50. The van der Waals surface area contributed by atoms with Gasteiger partial charge in [-0.2, -0.15) is 0 Å². The summed E-state index contributed by atoms with van der Waals surface area (Å²) in [5, 5.41) is 9.50. The quantitative estimate of drug-likeness (QED) is 0.438. The van der Waals surface area contributed by atoms with Crippen LogP contribution in [0.1, 0.15) is 45.4 Å². The Bertz CT molecular complexity index is 327. The van der Waals surface area contributed by atoms with E-state index >= 15 is 0 Å². The van der Waals surface area contributed by atoms with Crippen LogP contribution in [-0.2, 0) is 14.4 Å². The Morgan fingerprint density at radius 3 is 2.50 bits per heavy atom. The summed E-state index contributed by atoms with van der Waals surface area (Å²) in [6, 6.07) is 0. The number of hydrogen-bond donors (Lipinski definition) is 0. The predicted molar refractivity (Wildman–Crippen MR) is 62.1 cm³/mol. The first-order valence-corrected chi connectivity index (χ1v) is 6.52. The second-order valence-corrected chi connectivity index (χ2v) is 5.39. The molecule has 0 radical (unpaired) electrons. The van der Waals surface area contributed by atoms with Gasteiger partial charge in [0.2, 0.25) is 0 Å². The fraction of sp³-hybridized carbons (Fsp3) is 0.917. The fourth-order valence-electron chi connectivity index (χ4n) is 3.24. The molecule has 0 saturated heterocycles. The molecule has 2 fully saturated rings. The SMILES string of the molecule is CCOC(=O)C1CCC2(CC1)CC(O[N+](=O)[O-])C2. The van der Waals surface area contributed by atoms with Gasteiger partial charge in [-0.25, -0.2) is 0 Å². The fourth-order valence-corrected chi connectivity index (χ4v) is 3.24. The van der Waals surface area contributed by atoms with E-state index in [9.17, 15) is 14.9 Å². The molecule has 18 heavy (non-hydrogen) atoms. The minimum absolute atomic E-state index is 0.0195. The predicted octanol–water partition coefficient (Wildman–Crippen LogP) is 2.10. The molecule has 102 valence electrons. The molecule has 2 aliphatic carbocycles. The molecular weight excluding hydrogens is 238 g/mol. The normalized spacial score (nSPS) is 34.7. The molecule has 0 aromatic heterocycles. The monoisotopic (exact) mass is 257 g/mol. The molecular formula is C12H19NO5. The number of esters is 1. The van der Waals surface area contributed by atoms with Gasteiger partial charge in [-0.15, -0.1) is 10.1 Å². The first-order valence-electron chi connectivity index (χ1n) is 6.52. The number of carbonyl (C=O) groups excluding carboxylic acids is 1. The van der Waals surface area contributed by atoms with E-state index in [1.54, 1.807) is 0 Å². The highest BCUT2D eigenvalue weighted by molar-refractivity contribution is 5.72. The van der Waals surface area contributed by atoms with Crippen molar-refractivity contribution >= 4 is 5.97 Å². The Morgan fingerprint density at radius 1 is 1.39 bits per heavy atom. The van der Waals surface area contributed by atoms with Gasteiger partial charge in [0, 0.05) is 0 Å². The molecule has 0 N–H and O–H groups in total. The maximum absolute atomic E-state index is 11.6. The van der Waals surface area contributed by atoms with E-state index in [0.29, 0.717) is 6.61 Å². The molecule has 2 saturated carbocycles. The van der Waals surface area contributed by atoms with Crippen molar-refractivity contribution in [2.75, 3.05) is 6.61 Å². The Hall–Kier alpha value is -1.33. The zero-order valence-electron chi connectivity index (χ0n) is 10.6. The minimum atomic E-state index is -0.707. The van der Waals surface area contributed by atoms with E-state index in [0.717, 1.165) is 38.5 Å². The number of hydrogen-bond acceptors (Lipinski definition) is 5. The van der Waals surface area contributed by atoms with Crippen molar-refractivity contribution in [3.8, 4) is 0 Å². The summed E-state index contributed by atoms with van der Waals surface area (Å²) in [6.45, 7) is 2.24. The molecule has 1 spiro atoms. The Labute approximate surface area is 106 Å². The lowest BCUT2D eigenvalue weighted by atomic mass is 9.58. The zero-order valence-corrected chi connectivity index (χ0v) is 10.6. The van der Waals surface area contributed by atoms with E-state index in [4.69, 9.17) is 4.74 Å². The van der Waals surface area contributed by atoms with Crippen molar-refractivity contribution in [1.82, 2.24) is 0 Å². The molecule has 0 aliphatic heterocycles. The van der Waals surface area contributed by atoms with Gasteiger partial charge in [0.1, 0.15) is 6.10 Å². The summed E-state index contributed by atoms with van der Waals surface area (Å²) in [5.41, 5.74) is 0.184. The van der Waals surface area contributed by atoms with E-state index in [-0.39, 0.29) is 23.4 Å². The maximum atomic E-state index is 11.6. The Kier molecular flexibility index (Phi) is 3.73. The maximum Gasteiger partial charge on any atom is 0.308 e. The average molecular weight is 257 g/mol. The molecule has 0 atom stereocenters. The standard InChI is InChI=1S/C12H19NO5/c1-2-17-11(14)9-3-5-12(6-4-9)7-10(8-12)18-13(15)16/h9-10H,2-8H2,1H3. The van der Waals surface area contributed by atoms with Crippen molar-refractivity contribution in [3.05, 3.63) is 10.1 Å². The number of carbonyl (C=O) groups is 1. The molecule has 0 unspecified atom stereocenters. The Morgan fingerprint density at radius 2 is 2.00 bits per heavy atom. The van der Waals surface area contributed by atoms with Crippen LogP contribution in [0, 0.1) is 21.4 Å². The van der Waals surface area contributed by atoms with Gasteiger partial charge in [0.15, 0.2) is 0 Å². The van der Waals surface area contributed by atoms with E-state index in [2.05, 4.69) is 4.84 Å². The molecule has 6 nitrogen and oxygen atoms in total. The van der Waals surface area contributed by atoms with Gasteiger partial charge in [0.25, 0.3) is 5.09 Å². The molecule has 6 heteroatoms. The van der Waals surface area contributed by atoms with Crippen molar-refractivity contribution in [3.63, 3.8) is 0 Å². The van der Waals surface area contributed by atoms with Crippen LogP contribution in [0.25, 0.3) is 0 Å².